The summed E-state index contributed by atoms with van der Waals surface area (Å²) in [5.74, 6) is -0.162. The zero-order valence-electron chi connectivity index (χ0n) is 7.70. The van der Waals surface area contributed by atoms with Crippen molar-refractivity contribution in [3.05, 3.63) is 21.3 Å². The lowest BCUT2D eigenvalue weighted by atomic mass is 10.2. The number of carboxylic acids is 1. The largest absolute Gasteiger partial charge is 0.497 e. The highest BCUT2D eigenvalue weighted by molar-refractivity contribution is 14.1. The average Bonchev–Trinajstić information content (AvgIpc) is 2.16. The summed E-state index contributed by atoms with van der Waals surface area (Å²) in [6.45, 7) is 0. The molecule has 0 aliphatic rings. The number of aromatic carboxylic acids is 1. The third-order valence-electron chi connectivity index (χ3n) is 1.69. The second-order valence-electron chi connectivity index (χ2n) is 2.50. The smallest absolute Gasteiger partial charge is 0.339 e. The van der Waals surface area contributed by atoms with Crippen molar-refractivity contribution in [2.45, 2.75) is 0 Å². The van der Waals surface area contributed by atoms with E-state index in [-0.39, 0.29) is 5.56 Å². The number of rotatable bonds is 3. The van der Waals surface area contributed by atoms with E-state index in [1.165, 1.54) is 20.3 Å². The molecule has 0 aliphatic carbocycles. The molecule has 0 amide bonds. The fourth-order valence-electron chi connectivity index (χ4n) is 1.05. The molecule has 0 unspecified atom stereocenters. The van der Waals surface area contributed by atoms with Crippen molar-refractivity contribution in [3.8, 4) is 11.5 Å². The number of halogens is 1. The van der Waals surface area contributed by atoms with Gasteiger partial charge in [0.25, 0.3) is 0 Å². The Bertz CT molecular complexity index is 362. The van der Waals surface area contributed by atoms with Crippen LogP contribution in [0.15, 0.2) is 12.1 Å². The molecule has 0 saturated heterocycles. The zero-order chi connectivity index (χ0) is 10.7. The van der Waals surface area contributed by atoms with Crippen LogP contribution in [0.2, 0.25) is 0 Å². The van der Waals surface area contributed by atoms with Gasteiger partial charge in [0, 0.05) is 0 Å². The van der Waals surface area contributed by atoms with Gasteiger partial charge in [0.15, 0.2) is 0 Å². The van der Waals surface area contributed by atoms with Crippen LogP contribution >= 0.6 is 22.6 Å². The monoisotopic (exact) mass is 308 g/mol. The Balaban J connectivity index is 3.35. The molecule has 0 atom stereocenters. The van der Waals surface area contributed by atoms with E-state index in [0.29, 0.717) is 15.1 Å². The lowest BCUT2D eigenvalue weighted by Gasteiger charge is -2.09. The first kappa shape index (κ1) is 11.1. The molecule has 0 aliphatic heterocycles. The molecule has 4 nitrogen and oxygen atoms in total. The van der Waals surface area contributed by atoms with E-state index in [4.69, 9.17) is 14.6 Å². The van der Waals surface area contributed by atoms with E-state index in [1.54, 1.807) is 6.07 Å². The van der Waals surface area contributed by atoms with E-state index in [9.17, 15) is 4.79 Å². The summed E-state index contributed by atoms with van der Waals surface area (Å²) in [6, 6.07) is 3.15. The third kappa shape index (κ3) is 2.09. The van der Waals surface area contributed by atoms with Gasteiger partial charge in [0.1, 0.15) is 17.1 Å². The summed E-state index contributed by atoms with van der Waals surface area (Å²) in [5.41, 5.74) is 0.108. The fraction of sp³-hybridized carbons (Fsp3) is 0.222. The topological polar surface area (TPSA) is 55.8 Å². The van der Waals surface area contributed by atoms with Crippen molar-refractivity contribution in [2.24, 2.45) is 0 Å². The molecule has 1 rings (SSSR count). The Hall–Kier alpha value is -0.980. The summed E-state index contributed by atoms with van der Waals surface area (Å²) < 4.78 is 10.7. The number of carboxylic acid groups (broad SMARTS) is 1. The predicted octanol–water partition coefficient (Wildman–Crippen LogP) is 2.01. The van der Waals surface area contributed by atoms with Gasteiger partial charge in [-0.1, -0.05) is 0 Å². The molecule has 0 saturated carbocycles. The Morgan fingerprint density at radius 2 is 2.00 bits per heavy atom. The van der Waals surface area contributed by atoms with E-state index >= 15 is 0 Å². The number of hydrogen-bond acceptors (Lipinski definition) is 3. The highest BCUT2D eigenvalue weighted by Gasteiger charge is 2.15. The van der Waals surface area contributed by atoms with Gasteiger partial charge in [-0.2, -0.15) is 0 Å². The molecule has 0 bridgehead atoms. The summed E-state index contributed by atoms with van der Waals surface area (Å²) in [4.78, 5) is 10.9. The molecule has 14 heavy (non-hydrogen) atoms. The number of benzene rings is 1. The molecule has 5 heteroatoms. The third-order valence-corrected chi connectivity index (χ3v) is 2.49. The molecule has 1 aromatic rings. The zero-order valence-corrected chi connectivity index (χ0v) is 9.86. The molecule has 0 radical (unpaired) electrons. The molecule has 1 aromatic carbocycles. The second kappa shape index (κ2) is 4.50. The molecular weight excluding hydrogens is 299 g/mol. The maximum Gasteiger partial charge on any atom is 0.339 e. The second-order valence-corrected chi connectivity index (χ2v) is 3.66. The Labute approximate surface area is 95.0 Å². The average molecular weight is 308 g/mol. The van der Waals surface area contributed by atoms with Crippen molar-refractivity contribution in [1.29, 1.82) is 0 Å². The summed E-state index contributed by atoms with van der Waals surface area (Å²) in [6.07, 6.45) is 0. The lowest BCUT2D eigenvalue weighted by Crippen LogP contribution is -2.02. The standard InChI is InChI=1S/C9H9IO4/c1-13-5-3-6(9(11)12)8(14-2)7(10)4-5/h3-4H,1-2H3,(H,11,12). The van der Waals surface area contributed by atoms with E-state index in [1.807, 2.05) is 22.6 Å². The Morgan fingerprint density at radius 3 is 2.43 bits per heavy atom. The maximum atomic E-state index is 10.9. The molecule has 0 fully saturated rings. The van der Waals surface area contributed by atoms with Gasteiger partial charge in [0.05, 0.1) is 17.8 Å². The molecule has 0 spiro atoms. The van der Waals surface area contributed by atoms with E-state index in [0.717, 1.165) is 0 Å². The van der Waals surface area contributed by atoms with Crippen molar-refractivity contribution < 1.29 is 19.4 Å². The van der Waals surface area contributed by atoms with Gasteiger partial charge in [-0.05, 0) is 34.7 Å². The van der Waals surface area contributed by atoms with Gasteiger partial charge in [0.2, 0.25) is 0 Å². The van der Waals surface area contributed by atoms with Crippen molar-refractivity contribution in [3.63, 3.8) is 0 Å². The quantitative estimate of drug-likeness (QED) is 0.868. The highest BCUT2D eigenvalue weighted by atomic mass is 127. The van der Waals surface area contributed by atoms with Crippen molar-refractivity contribution in [2.75, 3.05) is 14.2 Å². The minimum absolute atomic E-state index is 0.108. The SMILES string of the molecule is COc1cc(I)c(OC)c(C(=O)O)c1. The van der Waals surface area contributed by atoms with Crippen LogP contribution in [0, 0.1) is 3.57 Å². The Kier molecular flexibility index (Phi) is 3.56. The summed E-state index contributed by atoms with van der Waals surface area (Å²) in [7, 11) is 2.93. The number of carbonyl (C=O) groups is 1. The molecule has 0 heterocycles. The maximum absolute atomic E-state index is 10.9. The Morgan fingerprint density at radius 1 is 1.36 bits per heavy atom. The minimum Gasteiger partial charge on any atom is -0.497 e. The van der Waals surface area contributed by atoms with Crippen LogP contribution in [-0.2, 0) is 0 Å². The number of ether oxygens (including phenoxy) is 2. The highest BCUT2D eigenvalue weighted by Crippen LogP contribution is 2.30. The number of hydrogen-bond donors (Lipinski definition) is 1. The normalized spacial score (nSPS) is 9.64. The summed E-state index contributed by atoms with van der Waals surface area (Å²) in [5, 5.41) is 8.90. The van der Waals surface area contributed by atoms with Crippen molar-refractivity contribution >= 4 is 28.6 Å². The van der Waals surface area contributed by atoms with Gasteiger partial charge < -0.3 is 14.6 Å². The minimum atomic E-state index is -1.03. The van der Waals surface area contributed by atoms with Gasteiger partial charge in [-0.25, -0.2) is 4.79 Å². The first-order valence-corrected chi connectivity index (χ1v) is 4.82. The first-order valence-electron chi connectivity index (χ1n) is 3.75. The van der Waals surface area contributed by atoms with Crippen molar-refractivity contribution in [1.82, 2.24) is 0 Å². The summed E-state index contributed by atoms with van der Waals surface area (Å²) >= 11 is 2.00. The van der Waals surface area contributed by atoms with E-state index < -0.39 is 5.97 Å². The molecule has 1 N–H and O–H groups in total. The van der Waals surface area contributed by atoms with E-state index in [2.05, 4.69) is 0 Å². The van der Waals surface area contributed by atoms with Crippen LogP contribution < -0.4 is 9.47 Å². The van der Waals surface area contributed by atoms with Crippen LogP contribution in [0.1, 0.15) is 10.4 Å². The van der Waals surface area contributed by atoms with Crippen LogP contribution in [0.25, 0.3) is 0 Å². The fourth-order valence-corrected chi connectivity index (χ4v) is 1.87. The van der Waals surface area contributed by atoms with Gasteiger partial charge >= 0.3 is 5.97 Å². The number of methoxy groups -OCH3 is 2. The molecule has 76 valence electrons. The predicted molar refractivity (Wildman–Crippen MR) is 59.2 cm³/mol. The van der Waals surface area contributed by atoms with Crippen LogP contribution in [0.3, 0.4) is 0 Å². The molecular formula is C9H9IO4. The lowest BCUT2D eigenvalue weighted by molar-refractivity contribution is 0.0692. The van der Waals surface area contributed by atoms with Gasteiger partial charge in [-0.3, -0.25) is 0 Å². The van der Waals surface area contributed by atoms with Crippen LogP contribution in [0.5, 0.6) is 11.5 Å². The van der Waals surface area contributed by atoms with Gasteiger partial charge in [-0.15, -0.1) is 0 Å². The first-order chi connectivity index (χ1) is 6.60. The molecule has 0 aromatic heterocycles. The van der Waals surface area contributed by atoms with Crippen LogP contribution in [-0.4, -0.2) is 25.3 Å². The van der Waals surface area contributed by atoms with Crippen LogP contribution in [0.4, 0.5) is 0 Å².